The van der Waals surface area contributed by atoms with Gasteiger partial charge in [-0.25, -0.2) is 0 Å². The lowest BCUT2D eigenvalue weighted by molar-refractivity contribution is 0.0827. The first-order valence-electron chi connectivity index (χ1n) is 10.5. The van der Waals surface area contributed by atoms with E-state index >= 15 is 0 Å². The molecule has 1 aliphatic heterocycles. The maximum atomic E-state index is 12.1. The highest BCUT2D eigenvalue weighted by Crippen LogP contribution is 2.17. The number of guanidine groups is 1. The van der Waals surface area contributed by atoms with Crippen LogP contribution in [0.1, 0.15) is 36.2 Å². The number of hydrogen-bond donors (Lipinski definition) is 1. The number of nitrogens with one attached hydrogen (secondary N) is 1. The minimum atomic E-state index is 0. The number of aliphatic imine (C=N–C) groups is 1. The molecule has 0 aliphatic carbocycles. The molecule has 0 bridgehead atoms. The smallest absolute Gasteiger partial charge is 0.253 e. The predicted molar refractivity (Wildman–Crippen MR) is 132 cm³/mol. The summed E-state index contributed by atoms with van der Waals surface area (Å²) in [5.41, 5.74) is 1.90. The normalized spacial score (nSPS) is 16.7. The first kappa shape index (κ1) is 25.7. The van der Waals surface area contributed by atoms with E-state index < -0.39 is 0 Å². The van der Waals surface area contributed by atoms with Gasteiger partial charge < -0.3 is 20.0 Å². The average molecular weight is 515 g/mol. The quantitative estimate of drug-likeness (QED) is 0.329. The van der Waals surface area contributed by atoms with Crippen molar-refractivity contribution in [1.29, 1.82) is 0 Å². The Bertz CT molecular complexity index is 660. The zero-order chi connectivity index (χ0) is 20.5. The molecule has 1 N–H and O–H groups in total. The summed E-state index contributed by atoms with van der Waals surface area (Å²) in [5, 5.41) is 3.50. The van der Waals surface area contributed by atoms with Crippen LogP contribution in [0.3, 0.4) is 0 Å². The van der Waals surface area contributed by atoms with Gasteiger partial charge in [-0.3, -0.25) is 9.79 Å². The van der Waals surface area contributed by atoms with Crippen molar-refractivity contribution in [2.24, 2.45) is 10.9 Å². The third-order valence-electron chi connectivity index (χ3n) is 5.48. The van der Waals surface area contributed by atoms with Gasteiger partial charge in [0.15, 0.2) is 5.96 Å². The van der Waals surface area contributed by atoms with Gasteiger partial charge in [-0.05, 0) is 49.5 Å². The van der Waals surface area contributed by atoms with Crippen molar-refractivity contribution in [3.8, 4) is 0 Å². The maximum absolute atomic E-state index is 12.1. The van der Waals surface area contributed by atoms with Crippen LogP contribution in [-0.2, 0) is 6.42 Å². The standard InChI is InChI=1S/C22H37N5O.HI/c1-6-26(7-2)16-19-12-14-27(17-19)22(23-3)24-13-11-18-9-8-10-20(15-18)21(28)25(4)5;/h8-10,15,19H,6-7,11-14,16-17H2,1-5H3,(H,23,24);1H. The second kappa shape index (κ2) is 13.1. The maximum Gasteiger partial charge on any atom is 0.253 e. The van der Waals surface area contributed by atoms with Crippen LogP contribution in [-0.4, -0.2) is 87.0 Å². The number of benzene rings is 1. The van der Waals surface area contributed by atoms with E-state index in [0.29, 0.717) is 5.92 Å². The molecule has 6 nitrogen and oxygen atoms in total. The second-order valence-electron chi connectivity index (χ2n) is 7.71. The molecule has 0 spiro atoms. The summed E-state index contributed by atoms with van der Waals surface area (Å²) < 4.78 is 0. The monoisotopic (exact) mass is 515 g/mol. The van der Waals surface area contributed by atoms with Crippen LogP contribution in [0, 0.1) is 5.92 Å². The molecule has 1 aromatic carbocycles. The lowest BCUT2D eigenvalue weighted by Gasteiger charge is -2.24. The highest BCUT2D eigenvalue weighted by molar-refractivity contribution is 14.0. The van der Waals surface area contributed by atoms with E-state index in [9.17, 15) is 4.79 Å². The Hall–Kier alpha value is -1.35. The molecule has 2 rings (SSSR count). The minimum Gasteiger partial charge on any atom is -0.356 e. The number of rotatable bonds is 8. The molecule has 0 saturated carbocycles. The zero-order valence-electron chi connectivity index (χ0n) is 18.6. The summed E-state index contributed by atoms with van der Waals surface area (Å²) in [4.78, 5) is 23.1. The number of amides is 1. The van der Waals surface area contributed by atoms with Gasteiger partial charge in [0.1, 0.15) is 0 Å². The van der Waals surface area contributed by atoms with Crippen LogP contribution >= 0.6 is 24.0 Å². The van der Waals surface area contributed by atoms with Crippen LogP contribution in [0.15, 0.2) is 29.3 Å². The summed E-state index contributed by atoms with van der Waals surface area (Å²) in [7, 11) is 5.42. The molecular formula is C22H38IN5O. The summed E-state index contributed by atoms with van der Waals surface area (Å²) in [5.74, 6) is 1.75. The van der Waals surface area contributed by atoms with E-state index in [-0.39, 0.29) is 29.9 Å². The lowest BCUT2D eigenvalue weighted by Crippen LogP contribution is -2.41. The third kappa shape index (κ3) is 7.77. The lowest BCUT2D eigenvalue weighted by atomic mass is 10.1. The number of carbonyl (C=O) groups is 1. The summed E-state index contributed by atoms with van der Waals surface area (Å²) in [6, 6.07) is 7.90. The molecule has 1 unspecified atom stereocenters. The summed E-state index contributed by atoms with van der Waals surface area (Å²) in [6.45, 7) is 10.8. The number of nitrogens with zero attached hydrogens (tertiary/aromatic N) is 4. The molecule has 0 radical (unpaired) electrons. The van der Waals surface area contributed by atoms with E-state index in [1.807, 2.05) is 25.2 Å². The van der Waals surface area contributed by atoms with Crippen LogP contribution in [0.5, 0.6) is 0 Å². The second-order valence-corrected chi connectivity index (χ2v) is 7.71. The zero-order valence-corrected chi connectivity index (χ0v) is 21.0. The number of halogens is 1. The molecule has 7 heteroatoms. The Morgan fingerprint density at radius 2 is 2.00 bits per heavy atom. The van der Waals surface area contributed by atoms with Crippen LogP contribution in [0.2, 0.25) is 0 Å². The molecule has 29 heavy (non-hydrogen) atoms. The van der Waals surface area contributed by atoms with Gasteiger partial charge >= 0.3 is 0 Å². The summed E-state index contributed by atoms with van der Waals surface area (Å²) >= 11 is 0. The molecule has 1 aromatic rings. The number of hydrogen-bond acceptors (Lipinski definition) is 3. The van der Waals surface area contributed by atoms with E-state index in [4.69, 9.17) is 0 Å². The van der Waals surface area contributed by atoms with Crippen molar-refractivity contribution < 1.29 is 4.79 Å². The average Bonchev–Trinajstić information content (AvgIpc) is 3.17. The van der Waals surface area contributed by atoms with Gasteiger partial charge in [-0.2, -0.15) is 0 Å². The molecule has 1 heterocycles. The molecule has 1 fully saturated rings. The highest BCUT2D eigenvalue weighted by Gasteiger charge is 2.25. The molecule has 1 amide bonds. The Balaban J connectivity index is 0.00000420. The SMILES string of the molecule is CCN(CC)CC1CCN(C(=NC)NCCc2cccc(C(=O)N(C)C)c2)C1.I. The molecule has 1 aliphatic rings. The van der Waals surface area contributed by atoms with Gasteiger partial charge in [0.2, 0.25) is 0 Å². The van der Waals surface area contributed by atoms with Crippen LogP contribution < -0.4 is 5.32 Å². The highest BCUT2D eigenvalue weighted by atomic mass is 127. The first-order chi connectivity index (χ1) is 13.5. The van der Waals surface area contributed by atoms with Crippen molar-refractivity contribution in [1.82, 2.24) is 20.0 Å². The fourth-order valence-electron chi connectivity index (χ4n) is 3.79. The Kier molecular flexibility index (Phi) is 11.6. The van der Waals surface area contributed by atoms with Gasteiger partial charge in [0, 0.05) is 52.9 Å². The van der Waals surface area contributed by atoms with E-state index in [1.54, 1.807) is 19.0 Å². The fraction of sp³-hybridized carbons (Fsp3) is 0.636. The molecular weight excluding hydrogens is 477 g/mol. The van der Waals surface area contributed by atoms with Crippen molar-refractivity contribution in [3.05, 3.63) is 35.4 Å². The Morgan fingerprint density at radius 1 is 1.28 bits per heavy atom. The Labute approximate surface area is 193 Å². The predicted octanol–water partition coefficient (Wildman–Crippen LogP) is 2.79. The molecule has 0 aromatic heterocycles. The van der Waals surface area contributed by atoms with E-state index in [2.05, 4.69) is 40.0 Å². The summed E-state index contributed by atoms with van der Waals surface area (Å²) in [6.07, 6.45) is 2.09. The topological polar surface area (TPSA) is 51.2 Å². The van der Waals surface area contributed by atoms with Crippen molar-refractivity contribution >= 4 is 35.8 Å². The van der Waals surface area contributed by atoms with Gasteiger partial charge in [0.05, 0.1) is 0 Å². The van der Waals surface area contributed by atoms with Gasteiger partial charge in [-0.15, -0.1) is 24.0 Å². The first-order valence-corrected chi connectivity index (χ1v) is 10.5. The van der Waals surface area contributed by atoms with E-state index in [1.165, 1.54) is 13.0 Å². The Morgan fingerprint density at radius 3 is 2.62 bits per heavy atom. The minimum absolute atomic E-state index is 0. The van der Waals surface area contributed by atoms with Crippen molar-refractivity contribution in [3.63, 3.8) is 0 Å². The molecule has 164 valence electrons. The third-order valence-corrected chi connectivity index (χ3v) is 5.48. The van der Waals surface area contributed by atoms with Gasteiger partial charge in [0.25, 0.3) is 5.91 Å². The van der Waals surface area contributed by atoms with Crippen molar-refractivity contribution in [2.75, 3.05) is 60.4 Å². The van der Waals surface area contributed by atoms with Crippen molar-refractivity contribution in [2.45, 2.75) is 26.7 Å². The fourth-order valence-corrected chi connectivity index (χ4v) is 3.79. The van der Waals surface area contributed by atoms with E-state index in [0.717, 1.165) is 56.2 Å². The van der Waals surface area contributed by atoms with Gasteiger partial charge in [-0.1, -0.05) is 26.0 Å². The number of likely N-dealkylation sites (tertiary alicyclic amines) is 1. The molecule has 1 saturated heterocycles. The van der Waals surface area contributed by atoms with Crippen LogP contribution in [0.4, 0.5) is 0 Å². The van der Waals surface area contributed by atoms with Crippen LogP contribution in [0.25, 0.3) is 0 Å². The molecule has 1 atom stereocenters. The number of carbonyl (C=O) groups excluding carboxylic acids is 1. The largest absolute Gasteiger partial charge is 0.356 e.